The lowest BCUT2D eigenvalue weighted by atomic mass is 9.86. The summed E-state index contributed by atoms with van der Waals surface area (Å²) in [6.07, 6.45) is 3.83. The number of methoxy groups -OCH3 is 2. The predicted molar refractivity (Wildman–Crippen MR) is 148 cm³/mol. The Bertz CT molecular complexity index is 1220. The number of hydrogen-bond donors (Lipinski definition) is 3. The quantitative estimate of drug-likeness (QED) is 0.322. The molecule has 11 nitrogen and oxygen atoms in total. The molecule has 3 rings (SSSR count). The first-order valence-corrected chi connectivity index (χ1v) is 15.3. The molecule has 1 aliphatic rings. The average Bonchev–Trinajstić information content (AvgIpc) is 3.39. The number of thiazole rings is 1. The van der Waals surface area contributed by atoms with Gasteiger partial charge in [-0.05, 0) is 51.7 Å². The third-order valence-corrected chi connectivity index (χ3v) is 9.13. The average molecular weight is 583 g/mol. The van der Waals surface area contributed by atoms with Crippen molar-refractivity contribution in [3.05, 3.63) is 35.0 Å². The molecule has 2 aromatic rings. The van der Waals surface area contributed by atoms with Gasteiger partial charge in [0, 0.05) is 50.0 Å². The number of hydrogen-bond acceptors (Lipinski definition) is 9. The van der Waals surface area contributed by atoms with Crippen LogP contribution in [0.25, 0.3) is 10.4 Å². The minimum atomic E-state index is -3.88. The van der Waals surface area contributed by atoms with E-state index in [0.717, 1.165) is 30.7 Å². The zero-order valence-electron chi connectivity index (χ0n) is 23.0. The number of amides is 2. The van der Waals surface area contributed by atoms with Crippen molar-refractivity contribution in [1.82, 2.24) is 20.3 Å². The zero-order valence-corrected chi connectivity index (χ0v) is 24.6. The van der Waals surface area contributed by atoms with Crippen molar-refractivity contribution >= 4 is 33.4 Å². The number of carbonyl (C=O) groups is 2. The Morgan fingerprint density at radius 3 is 2.44 bits per heavy atom. The second-order valence-electron chi connectivity index (χ2n) is 9.53. The van der Waals surface area contributed by atoms with Crippen molar-refractivity contribution in [3.8, 4) is 10.4 Å². The molecule has 0 unspecified atom stereocenters. The zero-order chi connectivity index (χ0) is 28.6. The van der Waals surface area contributed by atoms with Crippen LogP contribution in [0.1, 0.15) is 67.7 Å². The Balaban J connectivity index is 1.78. The molecule has 3 N–H and O–H groups in total. The standard InChI is InChI=1S/C26H38N4O7S2/c1-6-29-39(33,34)22-13-18(24(31)27-15-23(35-4)36-5)9-12-20(22)21-14-28-25(38-21)17-7-10-19(11-8-17)30-26(32)37-16(2)3/h9,12-14,16-17,19,23,29H,6-8,10-11,15H2,1-5H3,(H,27,31)(H,30,32)/t17-,19-. The van der Waals surface area contributed by atoms with Gasteiger partial charge in [-0.15, -0.1) is 11.3 Å². The molecular formula is C26H38N4O7S2. The summed E-state index contributed by atoms with van der Waals surface area (Å²) in [4.78, 5) is 30.0. The van der Waals surface area contributed by atoms with E-state index in [1.54, 1.807) is 25.3 Å². The molecule has 0 spiro atoms. The van der Waals surface area contributed by atoms with Crippen LogP contribution < -0.4 is 15.4 Å². The summed E-state index contributed by atoms with van der Waals surface area (Å²) in [6.45, 7) is 5.64. The number of carbonyl (C=O) groups excluding carboxylic acids is 2. The fourth-order valence-electron chi connectivity index (χ4n) is 4.40. The number of nitrogens with zero attached hydrogens (tertiary/aromatic N) is 1. The maximum atomic E-state index is 13.1. The number of alkyl carbamates (subject to hydrolysis) is 1. The minimum absolute atomic E-state index is 0.0128. The van der Waals surface area contributed by atoms with Crippen LogP contribution in [0.15, 0.2) is 29.3 Å². The summed E-state index contributed by atoms with van der Waals surface area (Å²) < 4.78 is 44.1. The van der Waals surface area contributed by atoms with Gasteiger partial charge in [0.05, 0.1) is 27.4 Å². The number of rotatable bonds is 12. The number of aromatic nitrogens is 1. The van der Waals surface area contributed by atoms with Gasteiger partial charge in [0.15, 0.2) is 6.29 Å². The second-order valence-corrected chi connectivity index (χ2v) is 12.3. The largest absolute Gasteiger partial charge is 0.447 e. The first-order valence-electron chi connectivity index (χ1n) is 13.0. The fourth-order valence-corrected chi connectivity index (χ4v) is 6.87. The van der Waals surface area contributed by atoms with E-state index in [1.165, 1.54) is 31.6 Å². The lowest BCUT2D eigenvalue weighted by Crippen LogP contribution is -2.38. The summed E-state index contributed by atoms with van der Waals surface area (Å²) >= 11 is 1.45. The lowest BCUT2D eigenvalue weighted by molar-refractivity contribution is -0.0974. The van der Waals surface area contributed by atoms with Crippen LogP contribution in [0, 0.1) is 0 Å². The van der Waals surface area contributed by atoms with E-state index in [0.29, 0.717) is 10.4 Å². The molecule has 0 saturated heterocycles. The van der Waals surface area contributed by atoms with Gasteiger partial charge >= 0.3 is 6.09 Å². The monoisotopic (exact) mass is 582 g/mol. The van der Waals surface area contributed by atoms with Gasteiger partial charge < -0.3 is 24.8 Å². The summed E-state index contributed by atoms with van der Waals surface area (Å²) in [6, 6.07) is 4.67. The van der Waals surface area contributed by atoms with Crippen molar-refractivity contribution in [1.29, 1.82) is 0 Å². The number of ether oxygens (including phenoxy) is 3. The summed E-state index contributed by atoms with van der Waals surface area (Å²) in [5.74, 6) is -0.224. The van der Waals surface area contributed by atoms with Gasteiger partial charge in [-0.1, -0.05) is 13.0 Å². The highest BCUT2D eigenvalue weighted by atomic mass is 32.2. The molecule has 39 heavy (non-hydrogen) atoms. The molecule has 1 heterocycles. The summed E-state index contributed by atoms with van der Waals surface area (Å²) in [5, 5.41) is 6.54. The van der Waals surface area contributed by atoms with Crippen LogP contribution in [0.4, 0.5) is 4.79 Å². The van der Waals surface area contributed by atoms with E-state index in [-0.39, 0.29) is 41.6 Å². The van der Waals surface area contributed by atoms with Crippen molar-refractivity contribution in [2.24, 2.45) is 0 Å². The van der Waals surface area contributed by atoms with Crippen LogP contribution in [0.5, 0.6) is 0 Å². The maximum absolute atomic E-state index is 13.1. The Kier molecular flexibility index (Phi) is 11.2. The third kappa shape index (κ3) is 8.45. The highest BCUT2D eigenvalue weighted by Gasteiger charge is 2.28. The second kappa shape index (κ2) is 14.2. The Morgan fingerprint density at radius 2 is 1.82 bits per heavy atom. The van der Waals surface area contributed by atoms with Crippen LogP contribution in [0.2, 0.25) is 0 Å². The van der Waals surface area contributed by atoms with E-state index < -0.39 is 28.3 Å². The number of benzene rings is 1. The van der Waals surface area contributed by atoms with E-state index in [4.69, 9.17) is 14.2 Å². The van der Waals surface area contributed by atoms with E-state index in [9.17, 15) is 18.0 Å². The van der Waals surface area contributed by atoms with Gasteiger partial charge in [0.1, 0.15) is 0 Å². The molecule has 216 valence electrons. The van der Waals surface area contributed by atoms with Crippen LogP contribution in [0.3, 0.4) is 0 Å². The molecule has 0 radical (unpaired) electrons. The Morgan fingerprint density at radius 1 is 1.13 bits per heavy atom. The van der Waals surface area contributed by atoms with Crippen molar-refractivity contribution < 1.29 is 32.2 Å². The van der Waals surface area contributed by atoms with E-state index >= 15 is 0 Å². The predicted octanol–water partition coefficient (Wildman–Crippen LogP) is 3.62. The molecule has 1 aromatic carbocycles. The topological polar surface area (TPSA) is 145 Å². The van der Waals surface area contributed by atoms with Gasteiger partial charge in [-0.25, -0.2) is 22.9 Å². The van der Waals surface area contributed by atoms with Crippen molar-refractivity contribution in [2.45, 2.75) is 75.7 Å². The molecule has 1 saturated carbocycles. The SMILES string of the molecule is CCNS(=O)(=O)c1cc(C(=O)NCC(OC)OC)ccc1-c1cnc([C@H]2CC[C@H](NC(=O)OC(C)C)CC2)s1. The number of sulfonamides is 1. The van der Waals surface area contributed by atoms with Crippen LogP contribution >= 0.6 is 11.3 Å². The van der Waals surface area contributed by atoms with Crippen LogP contribution in [-0.2, 0) is 24.2 Å². The van der Waals surface area contributed by atoms with E-state index in [2.05, 4.69) is 20.3 Å². The molecule has 0 aliphatic heterocycles. The highest BCUT2D eigenvalue weighted by Crippen LogP contribution is 2.39. The molecule has 2 amide bonds. The minimum Gasteiger partial charge on any atom is -0.447 e. The van der Waals surface area contributed by atoms with Gasteiger partial charge in [-0.3, -0.25) is 4.79 Å². The first-order chi connectivity index (χ1) is 18.6. The van der Waals surface area contributed by atoms with Gasteiger partial charge in [-0.2, -0.15) is 0 Å². The lowest BCUT2D eigenvalue weighted by Gasteiger charge is -2.28. The molecule has 1 aliphatic carbocycles. The molecule has 1 aromatic heterocycles. The normalized spacial score (nSPS) is 17.8. The molecular weight excluding hydrogens is 544 g/mol. The van der Waals surface area contributed by atoms with Crippen molar-refractivity contribution in [2.75, 3.05) is 27.3 Å². The fraction of sp³-hybridized carbons (Fsp3) is 0.577. The van der Waals surface area contributed by atoms with Gasteiger partial charge in [0.2, 0.25) is 10.0 Å². The maximum Gasteiger partial charge on any atom is 0.407 e. The smallest absolute Gasteiger partial charge is 0.407 e. The first kappa shape index (κ1) is 31.0. The van der Waals surface area contributed by atoms with Crippen molar-refractivity contribution in [3.63, 3.8) is 0 Å². The molecule has 1 fully saturated rings. The van der Waals surface area contributed by atoms with E-state index in [1.807, 2.05) is 13.8 Å². The number of nitrogens with one attached hydrogen (secondary N) is 3. The Labute approximate surface area is 234 Å². The Hall–Kier alpha value is -2.58. The molecule has 0 bridgehead atoms. The van der Waals surface area contributed by atoms with Gasteiger partial charge in [0.25, 0.3) is 5.91 Å². The van der Waals surface area contributed by atoms with Crippen LogP contribution in [-0.4, -0.2) is 71.1 Å². The third-order valence-electron chi connectivity index (χ3n) is 6.35. The molecule has 0 atom stereocenters. The molecule has 13 heteroatoms. The summed E-state index contributed by atoms with van der Waals surface area (Å²) in [7, 11) is -0.953. The highest BCUT2D eigenvalue weighted by molar-refractivity contribution is 7.89. The summed E-state index contributed by atoms with van der Waals surface area (Å²) in [5.41, 5.74) is 0.683.